The maximum Gasteiger partial charge on any atom is 0.125 e. The third-order valence-corrected chi connectivity index (χ3v) is 3.43. The second-order valence-corrected chi connectivity index (χ2v) is 4.86. The van der Waals surface area contributed by atoms with Gasteiger partial charge in [0.05, 0.1) is 0 Å². The van der Waals surface area contributed by atoms with E-state index in [9.17, 15) is 0 Å². The van der Waals surface area contributed by atoms with E-state index in [-0.39, 0.29) is 0 Å². The van der Waals surface area contributed by atoms with Crippen molar-refractivity contribution in [1.82, 2.24) is 10.6 Å². The molecule has 0 aliphatic carbocycles. The number of nitrogens with one attached hydrogen (secondary N) is 2. The summed E-state index contributed by atoms with van der Waals surface area (Å²) in [5.41, 5.74) is 2.62. The Morgan fingerprint density at radius 3 is 2.62 bits per heavy atom. The van der Waals surface area contributed by atoms with Gasteiger partial charge in [0, 0.05) is 19.1 Å². The van der Waals surface area contributed by atoms with Crippen LogP contribution in [0.15, 0.2) is 18.2 Å². The summed E-state index contributed by atoms with van der Waals surface area (Å²) >= 11 is 0. The van der Waals surface area contributed by atoms with Crippen LogP contribution in [0.2, 0.25) is 0 Å². The van der Waals surface area contributed by atoms with Crippen LogP contribution in [0.3, 0.4) is 0 Å². The molecule has 0 saturated carbocycles. The summed E-state index contributed by atoms with van der Waals surface area (Å²) in [6, 6.07) is 7.08. The lowest BCUT2D eigenvalue weighted by molar-refractivity contribution is 0.141. The van der Waals surface area contributed by atoms with Crippen LogP contribution in [-0.2, 0) is 0 Å². The molecule has 16 heavy (non-hydrogen) atoms. The summed E-state index contributed by atoms with van der Waals surface area (Å²) < 4.78 is 5.88. The monoisotopic (exact) mass is 216 g/mol. The summed E-state index contributed by atoms with van der Waals surface area (Å²) in [5, 5.41) is 6.62. The third kappa shape index (κ3) is 1.83. The molecule has 0 spiro atoms. The molecular formula is C12H17BN2O. The zero-order valence-electron chi connectivity index (χ0n) is 9.79. The van der Waals surface area contributed by atoms with Crippen molar-refractivity contribution in [3.05, 3.63) is 29.3 Å². The number of ether oxygens (including phenoxy) is 1. The van der Waals surface area contributed by atoms with Crippen molar-refractivity contribution in [2.45, 2.75) is 25.0 Å². The van der Waals surface area contributed by atoms with E-state index in [0.29, 0.717) is 18.1 Å². The van der Waals surface area contributed by atoms with Crippen molar-refractivity contribution in [3.63, 3.8) is 0 Å². The number of hydrogen-bond acceptors (Lipinski definition) is 3. The number of hydrogen-bond donors (Lipinski definition) is 2. The Kier molecular flexibility index (Phi) is 2.41. The van der Waals surface area contributed by atoms with Gasteiger partial charge in [-0.05, 0) is 30.1 Å². The van der Waals surface area contributed by atoms with Gasteiger partial charge in [0.15, 0.2) is 0 Å². The fourth-order valence-corrected chi connectivity index (χ4v) is 2.14. The summed E-state index contributed by atoms with van der Waals surface area (Å²) in [7, 11) is 2.21. The van der Waals surface area contributed by atoms with Crippen LogP contribution in [0.25, 0.3) is 0 Å². The van der Waals surface area contributed by atoms with E-state index < -0.39 is 0 Å². The van der Waals surface area contributed by atoms with Gasteiger partial charge >= 0.3 is 0 Å². The first-order valence-electron chi connectivity index (χ1n) is 5.98. The Morgan fingerprint density at radius 1 is 1.38 bits per heavy atom. The largest absolute Gasteiger partial charge is 0.487 e. The normalized spacial score (nSPS) is 28.6. The second-order valence-electron chi connectivity index (χ2n) is 4.86. The van der Waals surface area contributed by atoms with Gasteiger partial charge in [-0.2, -0.15) is 0 Å². The van der Waals surface area contributed by atoms with Crippen molar-refractivity contribution in [3.8, 4) is 5.75 Å². The van der Waals surface area contributed by atoms with Gasteiger partial charge in [-0.15, -0.1) is 0 Å². The minimum Gasteiger partial charge on any atom is -0.487 e. The molecule has 2 saturated heterocycles. The van der Waals surface area contributed by atoms with Crippen LogP contribution >= 0.6 is 0 Å². The first kappa shape index (κ1) is 10.2. The highest BCUT2D eigenvalue weighted by atomic mass is 16.5. The molecule has 2 N–H and O–H groups in total. The Labute approximate surface area is 97.0 Å². The third-order valence-electron chi connectivity index (χ3n) is 3.43. The summed E-state index contributed by atoms with van der Waals surface area (Å²) in [6.07, 6.45) is 0.363. The Hall–Kier alpha value is -0.995. The molecule has 3 rings (SSSR count). The maximum absolute atomic E-state index is 5.88. The SMILES string of the molecule is BC1NC1c1ccc(OC2CNC2)c(C)c1. The molecule has 0 aromatic heterocycles. The highest BCUT2D eigenvalue weighted by molar-refractivity contribution is 6.14. The van der Waals surface area contributed by atoms with Crippen molar-refractivity contribution < 1.29 is 4.74 Å². The molecule has 2 aliphatic heterocycles. The van der Waals surface area contributed by atoms with Crippen molar-refractivity contribution >= 4 is 7.85 Å². The molecule has 2 fully saturated rings. The molecule has 1 aromatic rings. The Bertz CT molecular complexity index is 406. The van der Waals surface area contributed by atoms with Gasteiger partial charge in [-0.3, -0.25) is 0 Å². The van der Waals surface area contributed by atoms with E-state index in [2.05, 4.69) is 43.6 Å². The zero-order chi connectivity index (χ0) is 11.1. The van der Waals surface area contributed by atoms with Crippen molar-refractivity contribution in [1.29, 1.82) is 0 Å². The summed E-state index contributed by atoms with van der Waals surface area (Å²) in [5.74, 6) is 1.66. The van der Waals surface area contributed by atoms with Crippen LogP contribution in [0.1, 0.15) is 17.2 Å². The topological polar surface area (TPSA) is 43.2 Å². The molecule has 2 atom stereocenters. The Balaban J connectivity index is 1.74. The first-order valence-corrected chi connectivity index (χ1v) is 5.98. The van der Waals surface area contributed by atoms with Crippen LogP contribution in [0.4, 0.5) is 0 Å². The summed E-state index contributed by atoms with van der Waals surface area (Å²) in [6.45, 7) is 4.07. The molecular weight excluding hydrogens is 199 g/mol. The minimum atomic E-state index is 0.363. The summed E-state index contributed by atoms with van der Waals surface area (Å²) in [4.78, 5) is 0. The highest BCUT2D eigenvalue weighted by Crippen LogP contribution is 2.31. The van der Waals surface area contributed by atoms with Crippen LogP contribution < -0.4 is 15.4 Å². The number of benzene rings is 1. The average Bonchev–Trinajstić information content (AvgIpc) is 2.91. The van der Waals surface area contributed by atoms with Gasteiger partial charge in [0.25, 0.3) is 0 Å². The first-order chi connectivity index (χ1) is 7.74. The second kappa shape index (κ2) is 3.79. The van der Waals surface area contributed by atoms with Gasteiger partial charge in [-0.1, -0.05) is 12.1 Å². The van der Waals surface area contributed by atoms with Crippen LogP contribution in [0, 0.1) is 6.92 Å². The van der Waals surface area contributed by atoms with E-state index in [1.54, 1.807) is 0 Å². The fraction of sp³-hybridized carbons (Fsp3) is 0.500. The molecule has 84 valence electrons. The smallest absolute Gasteiger partial charge is 0.125 e. The lowest BCUT2D eigenvalue weighted by Gasteiger charge is -2.28. The maximum atomic E-state index is 5.88. The fourth-order valence-electron chi connectivity index (χ4n) is 2.14. The molecule has 2 aliphatic rings. The van der Waals surface area contributed by atoms with Crippen molar-refractivity contribution in [2.75, 3.05) is 13.1 Å². The molecule has 3 nitrogen and oxygen atoms in total. The van der Waals surface area contributed by atoms with E-state index in [1.165, 1.54) is 11.1 Å². The Morgan fingerprint density at radius 2 is 2.12 bits per heavy atom. The molecule has 0 amide bonds. The lowest BCUT2D eigenvalue weighted by atomic mass is 9.96. The molecule has 2 heterocycles. The quantitative estimate of drug-likeness (QED) is 0.550. The van der Waals surface area contributed by atoms with E-state index in [0.717, 1.165) is 18.8 Å². The molecule has 0 bridgehead atoms. The van der Waals surface area contributed by atoms with Crippen LogP contribution in [-0.4, -0.2) is 33.0 Å². The minimum absolute atomic E-state index is 0.363. The lowest BCUT2D eigenvalue weighted by Crippen LogP contribution is -2.50. The van der Waals surface area contributed by atoms with E-state index in [1.807, 2.05) is 0 Å². The van der Waals surface area contributed by atoms with Gasteiger partial charge in [0.1, 0.15) is 19.7 Å². The van der Waals surface area contributed by atoms with Gasteiger partial charge in [-0.25, -0.2) is 0 Å². The standard InChI is InChI=1S/C12H17BN2O/c1-7-4-8(11-12(13)15-11)2-3-10(7)16-9-5-14-6-9/h2-4,9,11-12,14-15H,5-6,13H2,1H3. The predicted octanol–water partition coefficient (Wildman–Crippen LogP) is -0.0509. The highest BCUT2D eigenvalue weighted by Gasteiger charge is 2.32. The number of rotatable bonds is 3. The average molecular weight is 216 g/mol. The number of aryl methyl sites for hydroxylation is 1. The van der Waals surface area contributed by atoms with Crippen molar-refractivity contribution in [2.24, 2.45) is 0 Å². The van der Waals surface area contributed by atoms with Crippen LogP contribution in [0.5, 0.6) is 5.75 Å². The molecule has 0 radical (unpaired) electrons. The predicted molar refractivity (Wildman–Crippen MR) is 66.7 cm³/mol. The zero-order valence-corrected chi connectivity index (χ0v) is 9.79. The molecule has 2 unspecified atom stereocenters. The van der Waals surface area contributed by atoms with E-state index >= 15 is 0 Å². The molecule has 1 aromatic carbocycles. The van der Waals surface area contributed by atoms with Gasteiger partial charge < -0.3 is 15.4 Å². The van der Waals surface area contributed by atoms with Gasteiger partial charge in [0.2, 0.25) is 0 Å². The van der Waals surface area contributed by atoms with E-state index in [4.69, 9.17) is 4.74 Å². The molecule has 4 heteroatoms.